The summed E-state index contributed by atoms with van der Waals surface area (Å²) in [5.74, 6) is 0. The molecule has 0 aliphatic rings. The van der Waals surface area contributed by atoms with Gasteiger partial charge in [-0.25, -0.2) is 0 Å². The Labute approximate surface area is 194 Å². The van der Waals surface area contributed by atoms with E-state index in [2.05, 4.69) is 33.0 Å². The van der Waals surface area contributed by atoms with Crippen molar-refractivity contribution in [2.75, 3.05) is 0 Å². The molecule has 0 heterocycles. The third-order valence-corrected chi connectivity index (χ3v) is 12.2. The molecule has 0 atom stereocenters. The van der Waals surface area contributed by atoms with Gasteiger partial charge in [-0.3, -0.25) is 0 Å². The van der Waals surface area contributed by atoms with Crippen molar-refractivity contribution in [2.24, 2.45) is 0 Å². The van der Waals surface area contributed by atoms with Crippen molar-refractivity contribution in [1.82, 2.24) is 0 Å². The summed E-state index contributed by atoms with van der Waals surface area (Å²) in [4.78, 5) is 0. The summed E-state index contributed by atoms with van der Waals surface area (Å²) in [5.41, 5.74) is 2.53. The third kappa shape index (κ3) is 18.7. The standard InChI is InChI=1S/C29H60Si/c1-5-9-12-15-18-21-24-27-30(8-4,28-25-22-19-16-13-10-6-2)29-26-23-20-17-14-11-7-3/h8H,4-7,9-29H2,1-3H3. The zero-order chi connectivity index (χ0) is 22.2. The van der Waals surface area contributed by atoms with Crippen LogP contribution in [0.25, 0.3) is 0 Å². The van der Waals surface area contributed by atoms with E-state index in [1.165, 1.54) is 153 Å². The Kier molecular flexibility index (Phi) is 23.6. The molecule has 1 heteroatoms. The van der Waals surface area contributed by atoms with Crippen LogP contribution in [0.2, 0.25) is 18.1 Å². The Morgan fingerprint density at radius 2 is 0.633 bits per heavy atom. The average Bonchev–Trinajstić information content (AvgIpc) is 2.76. The minimum Gasteiger partial charge on any atom is -0.107 e. The summed E-state index contributed by atoms with van der Waals surface area (Å²) in [7, 11) is -1.23. The van der Waals surface area contributed by atoms with Gasteiger partial charge in [0.1, 0.15) is 0 Å². The van der Waals surface area contributed by atoms with Crippen LogP contribution >= 0.6 is 0 Å². The molecule has 30 heavy (non-hydrogen) atoms. The molecule has 0 aromatic carbocycles. The van der Waals surface area contributed by atoms with Crippen LogP contribution in [0.1, 0.15) is 156 Å². The largest absolute Gasteiger partial charge is 0.107 e. The van der Waals surface area contributed by atoms with Crippen molar-refractivity contribution in [2.45, 2.75) is 174 Å². The lowest BCUT2D eigenvalue weighted by molar-refractivity contribution is 0.589. The van der Waals surface area contributed by atoms with Gasteiger partial charge in [0.05, 0.1) is 8.07 Å². The molecule has 0 radical (unpaired) electrons. The molecular formula is C29H60Si. The molecule has 0 bridgehead atoms. The van der Waals surface area contributed by atoms with E-state index in [0.29, 0.717) is 0 Å². The van der Waals surface area contributed by atoms with Gasteiger partial charge in [0.25, 0.3) is 0 Å². The molecule has 0 saturated carbocycles. The Morgan fingerprint density at radius 3 is 0.867 bits per heavy atom. The van der Waals surface area contributed by atoms with Crippen LogP contribution in [0, 0.1) is 0 Å². The fourth-order valence-electron chi connectivity index (χ4n) is 4.98. The second-order valence-corrected chi connectivity index (χ2v) is 14.8. The monoisotopic (exact) mass is 436 g/mol. The first-order chi connectivity index (χ1) is 14.7. The second kappa shape index (κ2) is 23.6. The van der Waals surface area contributed by atoms with Gasteiger partial charge in [-0.15, -0.1) is 12.3 Å². The minimum absolute atomic E-state index is 1.23. The van der Waals surface area contributed by atoms with E-state index in [-0.39, 0.29) is 0 Å². The van der Waals surface area contributed by atoms with Crippen LogP contribution in [0.3, 0.4) is 0 Å². The molecule has 0 aromatic rings. The summed E-state index contributed by atoms with van der Waals surface area (Å²) in [5, 5.41) is 0. The molecule has 0 spiro atoms. The van der Waals surface area contributed by atoms with Crippen molar-refractivity contribution in [3.63, 3.8) is 0 Å². The number of unbranched alkanes of at least 4 members (excludes halogenated alkanes) is 18. The maximum atomic E-state index is 4.41. The predicted octanol–water partition coefficient (Wildman–Crippen LogP) is 11.4. The highest BCUT2D eigenvalue weighted by Crippen LogP contribution is 2.31. The molecule has 0 nitrogen and oxygen atoms in total. The summed E-state index contributed by atoms with van der Waals surface area (Å²) in [6.07, 6.45) is 30.4. The fourth-order valence-corrected chi connectivity index (χ4v) is 9.21. The summed E-state index contributed by atoms with van der Waals surface area (Å²) >= 11 is 0. The van der Waals surface area contributed by atoms with Gasteiger partial charge in [0.15, 0.2) is 0 Å². The van der Waals surface area contributed by atoms with Crippen LogP contribution in [0.4, 0.5) is 0 Å². The number of hydrogen-bond donors (Lipinski definition) is 0. The molecular weight excluding hydrogens is 376 g/mol. The molecule has 0 amide bonds. The lowest BCUT2D eigenvalue weighted by Gasteiger charge is -2.29. The summed E-state index contributed by atoms with van der Waals surface area (Å²) < 4.78 is 0. The maximum absolute atomic E-state index is 4.41. The molecule has 0 N–H and O–H groups in total. The quantitative estimate of drug-likeness (QED) is 0.0985. The molecule has 0 unspecified atom stereocenters. The van der Waals surface area contributed by atoms with E-state index in [0.717, 1.165) is 0 Å². The van der Waals surface area contributed by atoms with Crippen molar-refractivity contribution in [3.8, 4) is 0 Å². The first-order valence-corrected chi connectivity index (χ1v) is 17.1. The maximum Gasteiger partial charge on any atom is 0.0770 e. The third-order valence-electron chi connectivity index (χ3n) is 7.27. The van der Waals surface area contributed by atoms with Crippen LogP contribution in [-0.4, -0.2) is 8.07 Å². The van der Waals surface area contributed by atoms with Crippen molar-refractivity contribution in [1.29, 1.82) is 0 Å². The predicted molar refractivity (Wildman–Crippen MR) is 144 cm³/mol. The highest BCUT2D eigenvalue weighted by Gasteiger charge is 2.27. The lowest BCUT2D eigenvalue weighted by atomic mass is 10.1. The first kappa shape index (κ1) is 30.0. The number of rotatable bonds is 25. The number of hydrogen-bond acceptors (Lipinski definition) is 0. The average molecular weight is 437 g/mol. The van der Waals surface area contributed by atoms with E-state index in [1.807, 2.05) is 0 Å². The Morgan fingerprint density at radius 1 is 0.400 bits per heavy atom. The minimum atomic E-state index is -1.23. The van der Waals surface area contributed by atoms with E-state index in [1.54, 1.807) is 0 Å². The van der Waals surface area contributed by atoms with Crippen molar-refractivity contribution < 1.29 is 0 Å². The van der Waals surface area contributed by atoms with Crippen LogP contribution in [-0.2, 0) is 0 Å². The van der Waals surface area contributed by atoms with Crippen LogP contribution < -0.4 is 0 Å². The Bertz CT molecular complexity index is 290. The SMILES string of the molecule is C=C[Si](CCCCCCCCC)(CCCCCCCCC)CCCCCCCCC. The highest BCUT2D eigenvalue weighted by molar-refractivity contribution is 6.84. The zero-order valence-electron chi connectivity index (χ0n) is 21.8. The molecule has 0 fully saturated rings. The van der Waals surface area contributed by atoms with Gasteiger partial charge in [-0.1, -0.05) is 174 Å². The van der Waals surface area contributed by atoms with E-state index in [4.69, 9.17) is 0 Å². The van der Waals surface area contributed by atoms with Gasteiger partial charge >= 0.3 is 0 Å². The van der Waals surface area contributed by atoms with Crippen LogP contribution in [0.5, 0.6) is 0 Å². The van der Waals surface area contributed by atoms with Gasteiger partial charge < -0.3 is 0 Å². The van der Waals surface area contributed by atoms with Gasteiger partial charge in [0.2, 0.25) is 0 Å². The van der Waals surface area contributed by atoms with Crippen molar-refractivity contribution in [3.05, 3.63) is 12.3 Å². The zero-order valence-corrected chi connectivity index (χ0v) is 22.8. The molecule has 0 aliphatic heterocycles. The first-order valence-electron chi connectivity index (χ1n) is 14.4. The Hall–Kier alpha value is -0.0431. The topological polar surface area (TPSA) is 0 Å². The Balaban J connectivity index is 4.25. The molecule has 0 rings (SSSR count). The molecule has 0 saturated heterocycles. The highest BCUT2D eigenvalue weighted by atomic mass is 28.3. The fraction of sp³-hybridized carbons (Fsp3) is 0.931. The smallest absolute Gasteiger partial charge is 0.0770 e. The lowest BCUT2D eigenvalue weighted by Crippen LogP contribution is -2.31. The summed E-state index contributed by atoms with van der Waals surface area (Å²) in [6, 6.07) is 4.61. The molecule has 180 valence electrons. The van der Waals surface area contributed by atoms with Gasteiger partial charge in [0, 0.05) is 0 Å². The van der Waals surface area contributed by atoms with E-state index < -0.39 is 8.07 Å². The normalized spacial score (nSPS) is 11.8. The second-order valence-electron chi connectivity index (χ2n) is 10.2. The van der Waals surface area contributed by atoms with Crippen LogP contribution in [0.15, 0.2) is 12.3 Å². The van der Waals surface area contributed by atoms with Crippen molar-refractivity contribution >= 4 is 8.07 Å². The molecule has 0 aliphatic carbocycles. The summed E-state index contributed by atoms with van der Waals surface area (Å²) in [6.45, 7) is 11.4. The molecule has 0 aromatic heterocycles. The van der Waals surface area contributed by atoms with Gasteiger partial charge in [-0.05, 0) is 0 Å². The van der Waals surface area contributed by atoms with Gasteiger partial charge in [-0.2, -0.15) is 0 Å². The van der Waals surface area contributed by atoms with E-state index in [9.17, 15) is 0 Å². The van der Waals surface area contributed by atoms with E-state index >= 15 is 0 Å².